The molecule has 3 heterocycles. The van der Waals surface area contributed by atoms with Gasteiger partial charge in [-0.25, -0.2) is 4.68 Å². The lowest BCUT2D eigenvalue weighted by atomic mass is 9.92. The Hall–Kier alpha value is -3.03. The van der Waals surface area contributed by atoms with Crippen LogP contribution in [0.1, 0.15) is 49.1 Å². The van der Waals surface area contributed by atoms with Crippen LogP contribution in [-0.4, -0.2) is 15.7 Å². The SMILES string of the molecule is CC(C)n1ncc2c1NC(=O)CC2c1ccc(-c2cccc(C(F)(F)F)c2)o1. The smallest absolute Gasteiger partial charge is 0.416 e. The van der Waals surface area contributed by atoms with Crippen molar-refractivity contribution in [1.29, 1.82) is 0 Å². The van der Waals surface area contributed by atoms with Crippen molar-refractivity contribution in [1.82, 2.24) is 9.78 Å². The van der Waals surface area contributed by atoms with Crippen molar-refractivity contribution in [2.75, 3.05) is 5.32 Å². The average Bonchev–Trinajstić information content (AvgIpc) is 3.27. The predicted octanol–water partition coefficient (Wildman–Crippen LogP) is 5.22. The monoisotopic (exact) mass is 389 g/mol. The van der Waals surface area contributed by atoms with Crippen molar-refractivity contribution in [2.45, 2.75) is 38.4 Å². The molecule has 1 atom stereocenters. The van der Waals surface area contributed by atoms with Crippen LogP contribution < -0.4 is 5.32 Å². The van der Waals surface area contributed by atoms with E-state index in [0.717, 1.165) is 17.7 Å². The van der Waals surface area contributed by atoms with Crippen molar-refractivity contribution in [3.05, 3.63) is 59.5 Å². The highest BCUT2D eigenvalue weighted by atomic mass is 19.4. The van der Waals surface area contributed by atoms with E-state index in [4.69, 9.17) is 4.42 Å². The number of rotatable bonds is 3. The number of carbonyl (C=O) groups is 1. The number of alkyl halides is 3. The van der Waals surface area contributed by atoms with Crippen LogP contribution in [0.3, 0.4) is 0 Å². The Morgan fingerprint density at radius 3 is 2.75 bits per heavy atom. The van der Waals surface area contributed by atoms with E-state index in [1.807, 2.05) is 13.8 Å². The standard InChI is InChI=1S/C20H18F3N3O2/c1-11(2)26-19-15(10-24-26)14(9-18(27)25-19)17-7-6-16(28-17)12-4-3-5-13(8-12)20(21,22)23/h3-8,10-11,14H,9H2,1-2H3,(H,25,27). The molecule has 1 unspecified atom stereocenters. The van der Waals surface area contributed by atoms with Gasteiger partial charge in [-0.15, -0.1) is 0 Å². The summed E-state index contributed by atoms with van der Waals surface area (Å²) in [7, 11) is 0. The summed E-state index contributed by atoms with van der Waals surface area (Å²) in [5.41, 5.74) is 0.429. The first-order chi connectivity index (χ1) is 13.2. The number of nitrogens with one attached hydrogen (secondary N) is 1. The van der Waals surface area contributed by atoms with Crippen LogP contribution in [0.2, 0.25) is 0 Å². The van der Waals surface area contributed by atoms with Gasteiger partial charge < -0.3 is 9.73 Å². The maximum Gasteiger partial charge on any atom is 0.416 e. The maximum absolute atomic E-state index is 13.0. The van der Waals surface area contributed by atoms with Crippen LogP contribution in [0.5, 0.6) is 0 Å². The molecule has 0 saturated carbocycles. The van der Waals surface area contributed by atoms with Gasteiger partial charge in [-0.1, -0.05) is 12.1 Å². The molecule has 1 aliphatic heterocycles. The number of nitrogens with zero attached hydrogens (tertiary/aromatic N) is 2. The van der Waals surface area contributed by atoms with E-state index in [-0.39, 0.29) is 24.3 Å². The van der Waals surface area contributed by atoms with Crippen LogP contribution in [0, 0.1) is 0 Å². The molecule has 3 aromatic rings. The van der Waals surface area contributed by atoms with E-state index in [0.29, 0.717) is 22.9 Å². The molecular weight excluding hydrogens is 371 g/mol. The minimum absolute atomic E-state index is 0.0695. The molecule has 5 nitrogen and oxygen atoms in total. The number of fused-ring (bicyclic) bond motifs is 1. The molecule has 0 bridgehead atoms. The molecule has 1 amide bonds. The molecule has 8 heteroatoms. The molecule has 0 fully saturated rings. The van der Waals surface area contributed by atoms with Crippen LogP contribution in [0.25, 0.3) is 11.3 Å². The maximum atomic E-state index is 13.0. The van der Waals surface area contributed by atoms with Gasteiger partial charge >= 0.3 is 6.18 Å². The van der Waals surface area contributed by atoms with Crippen molar-refractivity contribution in [3.8, 4) is 11.3 Å². The second-order valence-electron chi connectivity index (χ2n) is 7.07. The van der Waals surface area contributed by atoms with E-state index >= 15 is 0 Å². The molecule has 1 aliphatic rings. The van der Waals surface area contributed by atoms with Crippen molar-refractivity contribution >= 4 is 11.7 Å². The largest absolute Gasteiger partial charge is 0.460 e. The Kier molecular flexibility index (Phi) is 4.28. The number of carbonyl (C=O) groups excluding carboxylic acids is 1. The minimum atomic E-state index is -4.42. The Morgan fingerprint density at radius 2 is 2.04 bits per heavy atom. The lowest BCUT2D eigenvalue weighted by Gasteiger charge is -2.23. The number of benzene rings is 1. The summed E-state index contributed by atoms with van der Waals surface area (Å²) in [6.07, 6.45) is -2.54. The molecular formula is C20H18F3N3O2. The summed E-state index contributed by atoms with van der Waals surface area (Å²) in [4.78, 5) is 12.2. The average molecular weight is 389 g/mol. The Balaban J connectivity index is 1.70. The Labute approximate surface area is 159 Å². The predicted molar refractivity (Wildman–Crippen MR) is 96.8 cm³/mol. The second kappa shape index (κ2) is 6.54. The summed E-state index contributed by atoms with van der Waals surface area (Å²) in [6.45, 7) is 3.92. The summed E-state index contributed by atoms with van der Waals surface area (Å²) >= 11 is 0. The van der Waals surface area contributed by atoms with Crippen molar-refractivity contribution in [2.24, 2.45) is 0 Å². The van der Waals surface area contributed by atoms with Crippen LogP contribution in [0.4, 0.5) is 19.0 Å². The van der Waals surface area contributed by atoms with Gasteiger partial charge in [0.2, 0.25) is 5.91 Å². The lowest BCUT2D eigenvalue weighted by Crippen LogP contribution is -2.25. The van der Waals surface area contributed by atoms with Gasteiger partial charge in [0.1, 0.15) is 17.3 Å². The van der Waals surface area contributed by atoms with Gasteiger partial charge in [0.05, 0.1) is 17.7 Å². The Bertz CT molecular complexity index is 1030. The van der Waals surface area contributed by atoms with E-state index in [1.54, 1.807) is 29.1 Å². The molecule has 4 rings (SSSR count). The van der Waals surface area contributed by atoms with Gasteiger partial charge in [-0.2, -0.15) is 18.3 Å². The fourth-order valence-corrected chi connectivity index (χ4v) is 3.43. The highest BCUT2D eigenvalue weighted by molar-refractivity contribution is 5.94. The molecule has 0 spiro atoms. The zero-order valence-corrected chi connectivity index (χ0v) is 15.2. The third kappa shape index (κ3) is 3.19. The van der Waals surface area contributed by atoms with Crippen molar-refractivity contribution in [3.63, 3.8) is 0 Å². The van der Waals surface area contributed by atoms with Gasteiger partial charge in [0.25, 0.3) is 0 Å². The van der Waals surface area contributed by atoms with Gasteiger partial charge in [-0.05, 0) is 38.1 Å². The molecule has 146 valence electrons. The fraction of sp³-hybridized carbons (Fsp3) is 0.300. The highest BCUT2D eigenvalue weighted by Gasteiger charge is 2.33. The number of anilines is 1. The summed E-state index contributed by atoms with van der Waals surface area (Å²) in [6, 6.07) is 8.38. The topological polar surface area (TPSA) is 60.1 Å². The molecule has 1 aromatic carbocycles. The van der Waals surface area contributed by atoms with E-state index in [2.05, 4.69) is 10.4 Å². The zero-order valence-electron chi connectivity index (χ0n) is 15.2. The van der Waals surface area contributed by atoms with E-state index < -0.39 is 11.7 Å². The Morgan fingerprint density at radius 1 is 1.25 bits per heavy atom. The van der Waals surface area contributed by atoms with E-state index in [9.17, 15) is 18.0 Å². The molecule has 0 radical (unpaired) electrons. The fourth-order valence-electron chi connectivity index (χ4n) is 3.43. The summed E-state index contributed by atoms with van der Waals surface area (Å²) in [5.74, 6) is 0.984. The van der Waals surface area contributed by atoms with Gasteiger partial charge in [-0.3, -0.25) is 4.79 Å². The van der Waals surface area contributed by atoms with Crippen LogP contribution >= 0.6 is 0 Å². The van der Waals surface area contributed by atoms with E-state index in [1.165, 1.54) is 6.07 Å². The van der Waals surface area contributed by atoms with Crippen LogP contribution in [0.15, 0.2) is 47.0 Å². The number of furan rings is 1. The first-order valence-electron chi connectivity index (χ1n) is 8.88. The summed E-state index contributed by atoms with van der Waals surface area (Å²) in [5, 5.41) is 7.19. The molecule has 0 saturated heterocycles. The second-order valence-corrected chi connectivity index (χ2v) is 7.07. The molecule has 28 heavy (non-hydrogen) atoms. The highest BCUT2D eigenvalue weighted by Crippen LogP contribution is 2.40. The first kappa shape index (κ1) is 18.3. The van der Waals surface area contributed by atoms with Crippen molar-refractivity contribution < 1.29 is 22.4 Å². The zero-order chi connectivity index (χ0) is 20.1. The number of aromatic nitrogens is 2. The number of amides is 1. The normalized spacial score (nSPS) is 16.9. The first-order valence-corrected chi connectivity index (χ1v) is 8.88. The van der Waals surface area contributed by atoms with Crippen LogP contribution in [-0.2, 0) is 11.0 Å². The van der Waals surface area contributed by atoms with Gasteiger partial charge in [0, 0.05) is 23.6 Å². The minimum Gasteiger partial charge on any atom is -0.460 e. The third-order valence-corrected chi connectivity index (χ3v) is 4.78. The molecule has 0 aliphatic carbocycles. The molecule has 2 aromatic heterocycles. The lowest BCUT2D eigenvalue weighted by molar-refractivity contribution is -0.137. The number of hydrogen-bond acceptors (Lipinski definition) is 3. The third-order valence-electron chi connectivity index (χ3n) is 4.78. The summed E-state index contributed by atoms with van der Waals surface area (Å²) < 4.78 is 46.5. The number of halogens is 3. The van der Waals surface area contributed by atoms with Gasteiger partial charge in [0.15, 0.2) is 0 Å². The molecule has 1 N–H and O–H groups in total. The quantitative estimate of drug-likeness (QED) is 0.668. The number of hydrogen-bond donors (Lipinski definition) is 1.